The van der Waals surface area contributed by atoms with Gasteiger partial charge in [0.15, 0.2) is 0 Å². The van der Waals surface area contributed by atoms with Crippen LogP contribution in [0.25, 0.3) is 0 Å². The minimum absolute atomic E-state index is 0.169. The largest absolute Gasteiger partial charge is 0.390 e. The van der Waals surface area contributed by atoms with Gasteiger partial charge in [-0.15, -0.1) is 0 Å². The molecule has 1 aromatic carbocycles. The zero-order valence-corrected chi connectivity index (χ0v) is 20.8. The normalized spacial score (nSPS) is 22.7. The molecular weight excluding hydrogens is 428 g/mol. The number of rotatable bonds is 10. The van der Waals surface area contributed by atoms with Gasteiger partial charge in [-0.1, -0.05) is 24.3 Å². The second kappa shape index (κ2) is 12.8. The summed E-state index contributed by atoms with van der Waals surface area (Å²) >= 11 is 0. The molecule has 0 bridgehead atoms. The minimum Gasteiger partial charge on any atom is -0.390 e. The Morgan fingerprint density at radius 1 is 1.26 bits per heavy atom. The molecule has 0 saturated heterocycles. The van der Waals surface area contributed by atoms with Crippen LogP contribution in [0.2, 0.25) is 0 Å². The first-order chi connectivity index (χ1) is 16.4. The van der Waals surface area contributed by atoms with Gasteiger partial charge in [0.2, 0.25) is 0 Å². The second-order valence-electron chi connectivity index (χ2n) is 9.53. The molecule has 1 aliphatic carbocycles. The first kappa shape index (κ1) is 26.1. The van der Waals surface area contributed by atoms with Gasteiger partial charge in [0.1, 0.15) is 11.5 Å². The molecule has 8 nitrogen and oxygen atoms in total. The van der Waals surface area contributed by atoms with Crippen molar-refractivity contribution in [3.8, 4) is 0 Å². The molecule has 8 heteroatoms. The van der Waals surface area contributed by atoms with Gasteiger partial charge < -0.3 is 20.6 Å². The zero-order valence-electron chi connectivity index (χ0n) is 20.8. The van der Waals surface area contributed by atoms with Gasteiger partial charge in [0.05, 0.1) is 6.10 Å². The maximum atomic E-state index is 12.7. The lowest BCUT2D eigenvalue weighted by atomic mass is 9.90. The third kappa shape index (κ3) is 7.48. The molecule has 0 spiro atoms. The van der Waals surface area contributed by atoms with Crippen LogP contribution in [0.4, 0.5) is 0 Å². The molecule has 1 amide bonds. The van der Waals surface area contributed by atoms with Crippen LogP contribution in [0.1, 0.15) is 36.8 Å². The van der Waals surface area contributed by atoms with Crippen molar-refractivity contribution in [2.75, 3.05) is 40.8 Å². The van der Waals surface area contributed by atoms with Crippen LogP contribution in [-0.2, 0) is 17.8 Å². The van der Waals surface area contributed by atoms with Crippen LogP contribution in [0.5, 0.6) is 0 Å². The Hall–Kier alpha value is -2.55. The number of aliphatic hydroxyl groups is 1. The molecule has 1 atom stereocenters. The van der Waals surface area contributed by atoms with Crippen molar-refractivity contribution in [1.29, 1.82) is 0 Å². The van der Waals surface area contributed by atoms with Crippen LogP contribution >= 0.6 is 0 Å². The number of aliphatic hydroxyl groups excluding tert-OH is 1. The highest BCUT2D eigenvalue weighted by molar-refractivity contribution is 6.43. The summed E-state index contributed by atoms with van der Waals surface area (Å²) in [5.41, 5.74) is 2.95. The molecular formula is C26H40N6O2. The molecule has 1 fully saturated rings. The summed E-state index contributed by atoms with van der Waals surface area (Å²) in [7, 11) is 5.83. The Kier molecular flexibility index (Phi) is 9.80. The number of hydrogen-bond donors (Lipinski definition) is 3. The molecule has 2 aliphatic rings. The average Bonchev–Trinajstić information content (AvgIpc) is 2.85. The molecule has 1 aromatic rings. The number of benzene rings is 1. The Bertz CT molecular complexity index is 889. The highest BCUT2D eigenvalue weighted by atomic mass is 16.3. The van der Waals surface area contributed by atoms with E-state index in [0.717, 1.165) is 45.2 Å². The Morgan fingerprint density at radius 3 is 2.62 bits per heavy atom. The van der Waals surface area contributed by atoms with Crippen molar-refractivity contribution in [2.45, 2.75) is 56.8 Å². The average molecular weight is 469 g/mol. The fourth-order valence-corrected chi connectivity index (χ4v) is 4.81. The van der Waals surface area contributed by atoms with Gasteiger partial charge in [0, 0.05) is 51.4 Å². The molecule has 3 rings (SSSR count). The molecule has 3 N–H and O–H groups in total. The minimum atomic E-state index is -0.654. The number of β-amino-alcohol motifs (C(OH)–C–C–N with tert-alkyl or cyclic N) is 1. The SMILES string of the molecule is C=N/C(=C\C(=N/C)C(=O)NC[C@H](O)CN1CCc2ccccc2C1)N[C@H]1CC[C@@H](N(C)C)CC1. The third-order valence-electron chi connectivity index (χ3n) is 6.87. The summed E-state index contributed by atoms with van der Waals surface area (Å²) in [5.74, 6) is 0.224. The zero-order chi connectivity index (χ0) is 24.5. The van der Waals surface area contributed by atoms with Gasteiger partial charge in [-0.3, -0.25) is 14.7 Å². The maximum absolute atomic E-state index is 12.7. The van der Waals surface area contributed by atoms with Crippen molar-refractivity contribution in [2.24, 2.45) is 9.98 Å². The fraction of sp³-hybridized carbons (Fsp3) is 0.577. The lowest BCUT2D eigenvalue weighted by Crippen LogP contribution is -2.43. The van der Waals surface area contributed by atoms with Crippen LogP contribution in [0, 0.1) is 0 Å². The summed E-state index contributed by atoms with van der Waals surface area (Å²) in [6.45, 7) is 6.06. The van der Waals surface area contributed by atoms with Crippen molar-refractivity contribution in [3.63, 3.8) is 0 Å². The van der Waals surface area contributed by atoms with Crippen molar-refractivity contribution >= 4 is 18.3 Å². The summed E-state index contributed by atoms with van der Waals surface area (Å²) in [6, 6.07) is 9.35. The molecule has 0 aromatic heterocycles. The van der Waals surface area contributed by atoms with Crippen molar-refractivity contribution < 1.29 is 9.90 Å². The van der Waals surface area contributed by atoms with E-state index >= 15 is 0 Å². The van der Waals surface area contributed by atoms with E-state index in [-0.39, 0.29) is 18.2 Å². The summed E-state index contributed by atoms with van der Waals surface area (Å²) in [6.07, 6.45) is 6.32. The summed E-state index contributed by atoms with van der Waals surface area (Å²) in [4.78, 5) is 25.4. The number of aliphatic imine (C=N–C) groups is 2. The highest BCUT2D eigenvalue weighted by Gasteiger charge is 2.23. The second-order valence-corrected chi connectivity index (χ2v) is 9.53. The number of nitrogens with one attached hydrogen (secondary N) is 2. The van der Waals surface area contributed by atoms with E-state index < -0.39 is 6.10 Å². The van der Waals surface area contributed by atoms with E-state index in [4.69, 9.17) is 0 Å². The van der Waals surface area contributed by atoms with Crippen LogP contribution in [0.15, 0.2) is 46.1 Å². The Morgan fingerprint density at radius 2 is 1.97 bits per heavy atom. The smallest absolute Gasteiger partial charge is 0.269 e. The van der Waals surface area contributed by atoms with E-state index in [1.807, 2.05) is 6.07 Å². The van der Waals surface area contributed by atoms with Crippen LogP contribution in [0.3, 0.4) is 0 Å². The molecule has 0 radical (unpaired) electrons. The number of carbonyl (C=O) groups excluding carboxylic acids is 1. The van der Waals surface area contributed by atoms with E-state index in [1.165, 1.54) is 11.1 Å². The molecule has 1 saturated carbocycles. The quantitative estimate of drug-likeness (QED) is 0.454. The van der Waals surface area contributed by atoms with Gasteiger partial charge in [-0.25, -0.2) is 4.99 Å². The van der Waals surface area contributed by atoms with Crippen molar-refractivity contribution in [3.05, 3.63) is 47.3 Å². The van der Waals surface area contributed by atoms with E-state index in [1.54, 1.807) is 13.1 Å². The number of fused-ring (bicyclic) bond motifs is 1. The first-order valence-corrected chi connectivity index (χ1v) is 12.2. The van der Waals surface area contributed by atoms with Crippen molar-refractivity contribution in [1.82, 2.24) is 20.4 Å². The molecule has 1 aliphatic heterocycles. The lowest BCUT2D eigenvalue weighted by Gasteiger charge is -2.33. The van der Waals surface area contributed by atoms with Crippen LogP contribution < -0.4 is 10.6 Å². The molecule has 0 unspecified atom stereocenters. The maximum Gasteiger partial charge on any atom is 0.269 e. The predicted molar refractivity (Wildman–Crippen MR) is 138 cm³/mol. The van der Waals surface area contributed by atoms with Gasteiger partial charge in [-0.05, 0) is 64.0 Å². The highest BCUT2D eigenvalue weighted by Crippen LogP contribution is 2.22. The first-order valence-electron chi connectivity index (χ1n) is 12.2. The van der Waals surface area contributed by atoms with E-state index in [9.17, 15) is 9.90 Å². The predicted octanol–water partition coefficient (Wildman–Crippen LogP) is 1.60. The van der Waals surface area contributed by atoms with Crippen LogP contribution in [-0.4, -0.2) is 92.2 Å². The van der Waals surface area contributed by atoms with Gasteiger partial charge in [0.25, 0.3) is 5.91 Å². The van der Waals surface area contributed by atoms with E-state index in [0.29, 0.717) is 24.4 Å². The molecule has 1 heterocycles. The fourth-order valence-electron chi connectivity index (χ4n) is 4.81. The Balaban J connectivity index is 1.46. The number of nitrogens with zero attached hydrogens (tertiary/aromatic N) is 4. The monoisotopic (exact) mass is 468 g/mol. The third-order valence-corrected chi connectivity index (χ3v) is 6.87. The number of hydrogen-bond acceptors (Lipinski definition) is 7. The number of amides is 1. The van der Waals surface area contributed by atoms with Gasteiger partial charge >= 0.3 is 0 Å². The standard InChI is InChI=1S/C26H40N6O2/c1-27-24(15-25(28-2)30-21-9-11-22(12-10-21)31(3)4)26(34)29-16-23(33)18-32-14-13-19-7-5-6-8-20(19)17-32/h5-8,15,21-23,30,33H,2,9-14,16-18H2,1,3-4H3,(H,29,34)/b25-15+,27-24+/t21-,22+,23-/m0/s1. The van der Waals surface area contributed by atoms with Gasteiger partial charge in [-0.2, -0.15) is 0 Å². The molecule has 186 valence electrons. The molecule has 34 heavy (non-hydrogen) atoms. The summed E-state index contributed by atoms with van der Waals surface area (Å²) in [5, 5.41) is 16.7. The number of carbonyl (C=O) groups is 1. The Labute approximate surface area is 203 Å². The lowest BCUT2D eigenvalue weighted by molar-refractivity contribution is -0.115. The topological polar surface area (TPSA) is 92.6 Å². The summed E-state index contributed by atoms with van der Waals surface area (Å²) < 4.78 is 0. The van der Waals surface area contributed by atoms with E-state index in [2.05, 4.69) is 69.4 Å².